The van der Waals surface area contributed by atoms with Crippen LogP contribution in [-0.2, 0) is 14.2 Å². The summed E-state index contributed by atoms with van der Waals surface area (Å²) in [4.78, 5) is 0. The third-order valence-corrected chi connectivity index (χ3v) is 1.57. The van der Waals surface area contributed by atoms with Crippen molar-refractivity contribution in [3.63, 3.8) is 0 Å². The van der Waals surface area contributed by atoms with Crippen LogP contribution in [-0.4, -0.2) is 72.6 Å². The van der Waals surface area contributed by atoms with Crippen LogP contribution in [0.1, 0.15) is 0 Å². The van der Waals surface area contributed by atoms with E-state index in [1.54, 1.807) is 0 Å². The molecule has 15 heavy (non-hydrogen) atoms. The molecule has 0 aromatic heterocycles. The molecular formula is C8H18O7. The summed E-state index contributed by atoms with van der Waals surface area (Å²) in [5.74, 6) is 0. The second-order valence-electron chi connectivity index (χ2n) is 2.70. The molecule has 0 aliphatic heterocycles. The van der Waals surface area contributed by atoms with Gasteiger partial charge in [-0.25, -0.2) is 0 Å². The molecule has 0 amide bonds. The van der Waals surface area contributed by atoms with E-state index in [1.165, 1.54) is 7.11 Å². The van der Waals surface area contributed by atoms with Crippen molar-refractivity contribution in [1.82, 2.24) is 0 Å². The molecule has 0 saturated heterocycles. The van der Waals surface area contributed by atoms with E-state index in [0.717, 1.165) is 0 Å². The van der Waals surface area contributed by atoms with Gasteiger partial charge < -0.3 is 34.6 Å². The van der Waals surface area contributed by atoms with Gasteiger partial charge in [-0.1, -0.05) is 0 Å². The summed E-state index contributed by atoms with van der Waals surface area (Å²) >= 11 is 0. The van der Waals surface area contributed by atoms with Crippen LogP contribution in [0.2, 0.25) is 0 Å². The molecule has 2 unspecified atom stereocenters. The highest BCUT2D eigenvalue weighted by atomic mass is 16.8. The first-order chi connectivity index (χ1) is 7.19. The second kappa shape index (κ2) is 8.98. The van der Waals surface area contributed by atoms with Gasteiger partial charge >= 0.3 is 0 Å². The van der Waals surface area contributed by atoms with Crippen molar-refractivity contribution in [1.29, 1.82) is 0 Å². The molecule has 7 heteroatoms. The number of hydrogen-bond donors (Lipinski definition) is 4. The van der Waals surface area contributed by atoms with Gasteiger partial charge in [-0.3, -0.25) is 0 Å². The zero-order valence-electron chi connectivity index (χ0n) is 8.57. The van der Waals surface area contributed by atoms with Gasteiger partial charge in [0.2, 0.25) is 0 Å². The first-order valence-corrected chi connectivity index (χ1v) is 4.50. The third-order valence-electron chi connectivity index (χ3n) is 1.57. The molecule has 0 saturated carbocycles. The van der Waals surface area contributed by atoms with E-state index in [2.05, 4.69) is 0 Å². The highest BCUT2D eigenvalue weighted by molar-refractivity contribution is 4.59. The first-order valence-electron chi connectivity index (χ1n) is 4.50. The van der Waals surface area contributed by atoms with E-state index in [0.29, 0.717) is 0 Å². The van der Waals surface area contributed by atoms with Gasteiger partial charge in [-0.15, -0.1) is 0 Å². The Labute approximate surface area is 87.8 Å². The fraction of sp³-hybridized carbons (Fsp3) is 1.00. The first kappa shape index (κ1) is 14.7. The fourth-order valence-corrected chi connectivity index (χ4v) is 0.819. The minimum absolute atomic E-state index is 0.0520. The normalized spacial score (nSPS) is 17.4. The molecule has 4 N–H and O–H groups in total. The highest BCUT2D eigenvalue weighted by Gasteiger charge is 2.23. The molecule has 92 valence electrons. The number of methoxy groups -OCH3 is 1. The minimum atomic E-state index is -1.26. The Morgan fingerprint density at radius 2 is 1.80 bits per heavy atom. The van der Waals surface area contributed by atoms with Crippen molar-refractivity contribution in [2.24, 2.45) is 0 Å². The molecule has 0 aromatic rings. The molecule has 0 aliphatic rings. The molecular weight excluding hydrogens is 208 g/mol. The van der Waals surface area contributed by atoms with E-state index < -0.39 is 31.9 Å². The largest absolute Gasteiger partial charge is 0.394 e. The van der Waals surface area contributed by atoms with Gasteiger partial charge in [0.25, 0.3) is 0 Å². The van der Waals surface area contributed by atoms with Crippen LogP contribution < -0.4 is 0 Å². The topological polar surface area (TPSA) is 109 Å². The van der Waals surface area contributed by atoms with Gasteiger partial charge in [0, 0.05) is 7.11 Å². The average Bonchev–Trinajstić information content (AvgIpc) is 2.28. The molecule has 0 heterocycles. The van der Waals surface area contributed by atoms with Gasteiger partial charge in [0.1, 0.15) is 6.10 Å². The summed E-state index contributed by atoms with van der Waals surface area (Å²) in [6.07, 6.45) is -3.37. The fourth-order valence-electron chi connectivity index (χ4n) is 0.819. The summed E-state index contributed by atoms with van der Waals surface area (Å²) in [6.45, 7) is -1.26. The van der Waals surface area contributed by atoms with E-state index in [1.807, 2.05) is 0 Å². The monoisotopic (exact) mass is 226 g/mol. The maximum atomic E-state index is 9.27. The maximum Gasteiger partial charge on any atom is 0.188 e. The summed E-state index contributed by atoms with van der Waals surface area (Å²) in [6, 6.07) is 0. The quantitative estimate of drug-likeness (QED) is 0.326. The Bertz CT molecular complexity index is 139. The number of ether oxygens (including phenoxy) is 3. The van der Waals surface area contributed by atoms with Crippen molar-refractivity contribution in [2.45, 2.75) is 18.7 Å². The molecule has 0 aliphatic carbocycles. The summed E-state index contributed by atoms with van der Waals surface area (Å²) in [7, 11) is 1.31. The molecule has 3 atom stereocenters. The molecule has 0 fully saturated rings. The number of rotatable bonds is 9. The lowest BCUT2D eigenvalue weighted by molar-refractivity contribution is -0.278. The SMILES string of the molecule is COC(CO)O[C@@H](OCCO)C(O)CO. The molecule has 0 spiro atoms. The molecule has 0 aromatic carbocycles. The predicted octanol–water partition coefficient (Wildman–Crippen LogP) is -2.34. The standard InChI is InChI=1S/C8H18O7/c1-13-7(5-11)15-8(6(12)4-10)14-3-2-9/h6-12H,2-5H2,1H3/t6?,7?,8-/m1/s1. The van der Waals surface area contributed by atoms with Gasteiger partial charge in [-0.05, 0) is 0 Å². The number of aliphatic hydroxyl groups excluding tert-OH is 4. The van der Waals surface area contributed by atoms with Gasteiger partial charge in [0.15, 0.2) is 12.6 Å². The summed E-state index contributed by atoms with van der Waals surface area (Å²) < 4.78 is 14.6. The predicted molar refractivity (Wildman–Crippen MR) is 48.9 cm³/mol. The summed E-state index contributed by atoms with van der Waals surface area (Å²) in [5, 5.41) is 35.2. The van der Waals surface area contributed by atoms with Crippen LogP contribution in [0.25, 0.3) is 0 Å². The molecule has 0 radical (unpaired) electrons. The maximum absolute atomic E-state index is 9.27. The third kappa shape index (κ3) is 6.00. The Morgan fingerprint density at radius 3 is 2.20 bits per heavy atom. The van der Waals surface area contributed by atoms with Gasteiger partial charge in [0.05, 0.1) is 26.4 Å². The van der Waals surface area contributed by atoms with Crippen LogP contribution in [0.5, 0.6) is 0 Å². The Balaban J connectivity index is 4.09. The van der Waals surface area contributed by atoms with E-state index in [4.69, 9.17) is 29.5 Å². The van der Waals surface area contributed by atoms with E-state index in [9.17, 15) is 5.11 Å². The Hall–Kier alpha value is -0.280. The van der Waals surface area contributed by atoms with Crippen molar-refractivity contribution in [3.8, 4) is 0 Å². The van der Waals surface area contributed by atoms with Crippen LogP contribution in [0.15, 0.2) is 0 Å². The molecule has 0 rings (SSSR count). The van der Waals surface area contributed by atoms with E-state index in [-0.39, 0.29) is 13.2 Å². The average molecular weight is 226 g/mol. The van der Waals surface area contributed by atoms with Crippen LogP contribution in [0.4, 0.5) is 0 Å². The van der Waals surface area contributed by atoms with Crippen LogP contribution >= 0.6 is 0 Å². The number of aliphatic hydroxyl groups is 4. The van der Waals surface area contributed by atoms with E-state index >= 15 is 0 Å². The zero-order chi connectivity index (χ0) is 11.7. The lowest BCUT2D eigenvalue weighted by Crippen LogP contribution is -2.39. The second-order valence-corrected chi connectivity index (χ2v) is 2.70. The molecule has 7 nitrogen and oxygen atoms in total. The molecule has 0 bridgehead atoms. The summed E-state index contributed by atoms with van der Waals surface area (Å²) in [5.41, 5.74) is 0. The number of hydrogen-bond acceptors (Lipinski definition) is 7. The van der Waals surface area contributed by atoms with Crippen molar-refractivity contribution < 1.29 is 34.6 Å². The van der Waals surface area contributed by atoms with Crippen LogP contribution in [0.3, 0.4) is 0 Å². The lowest BCUT2D eigenvalue weighted by atomic mass is 10.3. The minimum Gasteiger partial charge on any atom is -0.394 e. The van der Waals surface area contributed by atoms with Gasteiger partial charge in [-0.2, -0.15) is 0 Å². The Morgan fingerprint density at radius 1 is 1.13 bits per heavy atom. The zero-order valence-corrected chi connectivity index (χ0v) is 8.57. The Kier molecular flexibility index (Phi) is 8.82. The lowest BCUT2D eigenvalue weighted by Gasteiger charge is -2.25. The van der Waals surface area contributed by atoms with Crippen molar-refractivity contribution in [3.05, 3.63) is 0 Å². The van der Waals surface area contributed by atoms with Crippen molar-refractivity contribution in [2.75, 3.05) is 33.5 Å². The van der Waals surface area contributed by atoms with Crippen molar-refractivity contribution >= 4 is 0 Å². The van der Waals surface area contributed by atoms with Crippen LogP contribution in [0, 0.1) is 0 Å². The smallest absolute Gasteiger partial charge is 0.188 e. The highest BCUT2D eigenvalue weighted by Crippen LogP contribution is 2.06.